The number of benzene rings is 2. The van der Waals surface area contributed by atoms with Gasteiger partial charge in [0.2, 0.25) is 0 Å². The first kappa shape index (κ1) is 17.0. The number of alkyl halides is 3. The third kappa shape index (κ3) is 2.89. The molecule has 0 atom stereocenters. The molecule has 0 fully saturated rings. The standard InChI is InChI=1S/C21H13F3N2O/c1-2-13-6-8-18-17(10-13)20-14(12-25-18)7-9-19(27)26(20)16-5-3-4-15(11-16)21(22,23)24/h2-12H,1H2. The van der Waals surface area contributed by atoms with Gasteiger partial charge in [0.05, 0.1) is 16.6 Å². The van der Waals surface area contributed by atoms with Crippen LogP contribution in [-0.2, 0) is 6.18 Å². The molecule has 0 radical (unpaired) electrons. The molecule has 2 aromatic heterocycles. The highest BCUT2D eigenvalue weighted by atomic mass is 19.4. The van der Waals surface area contributed by atoms with E-state index in [1.807, 2.05) is 12.1 Å². The van der Waals surface area contributed by atoms with Crippen LogP contribution in [0, 0.1) is 0 Å². The molecule has 4 aromatic rings. The van der Waals surface area contributed by atoms with E-state index in [1.165, 1.54) is 22.8 Å². The molecule has 6 heteroatoms. The Kier molecular flexibility index (Phi) is 3.84. The Morgan fingerprint density at radius 2 is 1.85 bits per heavy atom. The number of hydrogen-bond acceptors (Lipinski definition) is 2. The minimum Gasteiger partial charge on any atom is -0.276 e. The zero-order valence-electron chi connectivity index (χ0n) is 14.0. The summed E-state index contributed by atoms with van der Waals surface area (Å²) in [6.45, 7) is 3.74. The molecule has 0 spiro atoms. The van der Waals surface area contributed by atoms with Crippen LogP contribution < -0.4 is 5.56 Å². The maximum Gasteiger partial charge on any atom is 0.416 e. The van der Waals surface area contributed by atoms with E-state index in [0.29, 0.717) is 21.8 Å². The molecule has 0 saturated heterocycles. The second-order valence-electron chi connectivity index (χ2n) is 6.10. The summed E-state index contributed by atoms with van der Waals surface area (Å²) in [7, 11) is 0. The lowest BCUT2D eigenvalue weighted by atomic mass is 10.1. The largest absolute Gasteiger partial charge is 0.416 e. The summed E-state index contributed by atoms with van der Waals surface area (Å²) >= 11 is 0. The molecule has 2 aromatic carbocycles. The van der Waals surface area contributed by atoms with Crippen molar-refractivity contribution >= 4 is 27.9 Å². The number of rotatable bonds is 2. The van der Waals surface area contributed by atoms with Crippen molar-refractivity contribution in [3.63, 3.8) is 0 Å². The SMILES string of the molecule is C=Cc1ccc2ncc3ccc(=O)n(-c4cccc(C(F)(F)F)c4)c3c2c1. The van der Waals surface area contributed by atoms with Crippen LogP contribution in [0.1, 0.15) is 11.1 Å². The zero-order valence-corrected chi connectivity index (χ0v) is 14.0. The van der Waals surface area contributed by atoms with Crippen LogP contribution in [0.5, 0.6) is 0 Å². The van der Waals surface area contributed by atoms with Crippen LogP contribution in [0.2, 0.25) is 0 Å². The first-order chi connectivity index (χ1) is 12.9. The molecule has 134 valence electrons. The third-order valence-corrected chi connectivity index (χ3v) is 4.41. The number of pyridine rings is 2. The first-order valence-corrected chi connectivity index (χ1v) is 8.13. The van der Waals surface area contributed by atoms with E-state index in [9.17, 15) is 18.0 Å². The first-order valence-electron chi connectivity index (χ1n) is 8.13. The van der Waals surface area contributed by atoms with E-state index in [0.717, 1.165) is 17.7 Å². The lowest BCUT2D eigenvalue weighted by Gasteiger charge is -2.14. The Morgan fingerprint density at radius 3 is 2.59 bits per heavy atom. The summed E-state index contributed by atoms with van der Waals surface area (Å²) in [5.74, 6) is 0. The minimum atomic E-state index is -4.50. The highest BCUT2D eigenvalue weighted by Crippen LogP contribution is 2.31. The van der Waals surface area contributed by atoms with Crippen molar-refractivity contribution < 1.29 is 13.2 Å². The van der Waals surface area contributed by atoms with Crippen LogP contribution in [-0.4, -0.2) is 9.55 Å². The van der Waals surface area contributed by atoms with Crippen LogP contribution >= 0.6 is 0 Å². The summed E-state index contributed by atoms with van der Waals surface area (Å²) in [4.78, 5) is 17.0. The molecule has 0 saturated carbocycles. The van der Waals surface area contributed by atoms with E-state index in [1.54, 1.807) is 24.4 Å². The Morgan fingerprint density at radius 1 is 1.04 bits per heavy atom. The fraction of sp³-hybridized carbons (Fsp3) is 0.0476. The molecular weight excluding hydrogens is 353 g/mol. The maximum absolute atomic E-state index is 13.1. The van der Waals surface area contributed by atoms with E-state index >= 15 is 0 Å². The van der Waals surface area contributed by atoms with Crippen LogP contribution in [0.4, 0.5) is 13.2 Å². The van der Waals surface area contributed by atoms with Crippen LogP contribution in [0.25, 0.3) is 33.6 Å². The topological polar surface area (TPSA) is 34.9 Å². The second-order valence-corrected chi connectivity index (χ2v) is 6.10. The molecule has 0 N–H and O–H groups in total. The minimum absolute atomic E-state index is 0.150. The number of hydrogen-bond donors (Lipinski definition) is 0. The molecule has 4 rings (SSSR count). The molecule has 0 aliphatic heterocycles. The molecule has 2 heterocycles. The average Bonchev–Trinajstić information content (AvgIpc) is 2.66. The monoisotopic (exact) mass is 366 g/mol. The van der Waals surface area contributed by atoms with Crippen molar-refractivity contribution in [2.24, 2.45) is 0 Å². The normalized spacial score (nSPS) is 11.8. The third-order valence-electron chi connectivity index (χ3n) is 4.41. The summed E-state index contributed by atoms with van der Waals surface area (Å²) in [6.07, 6.45) is -1.23. The van der Waals surface area contributed by atoms with Gasteiger partial charge in [-0.25, -0.2) is 0 Å². The molecule has 0 bridgehead atoms. The molecule has 0 amide bonds. The number of halogens is 3. The van der Waals surface area contributed by atoms with Gasteiger partial charge in [0.15, 0.2) is 0 Å². The van der Waals surface area contributed by atoms with Crippen LogP contribution in [0.15, 0.2) is 72.2 Å². The van der Waals surface area contributed by atoms with Gasteiger partial charge in [-0.2, -0.15) is 13.2 Å². The van der Waals surface area contributed by atoms with Gasteiger partial charge in [-0.3, -0.25) is 14.3 Å². The Hall–Kier alpha value is -3.41. The smallest absolute Gasteiger partial charge is 0.276 e. The second kappa shape index (κ2) is 6.09. The molecule has 0 unspecified atom stereocenters. The highest BCUT2D eigenvalue weighted by molar-refractivity contribution is 6.04. The van der Waals surface area contributed by atoms with Crippen LogP contribution in [0.3, 0.4) is 0 Å². The predicted molar refractivity (Wildman–Crippen MR) is 99.9 cm³/mol. The van der Waals surface area contributed by atoms with Gasteiger partial charge < -0.3 is 0 Å². The van der Waals surface area contributed by atoms with Crippen molar-refractivity contribution in [2.75, 3.05) is 0 Å². The van der Waals surface area contributed by atoms with Gasteiger partial charge in [-0.05, 0) is 42.0 Å². The number of fused-ring (bicyclic) bond motifs is 3. The van der Waals surface area contributed by atoms with E-state index < -0.39 is 17.3 Å². The molecule has 0 aliphatic rings. The Bertz CT molecular complexity index is 1260. The fourth-order valence-corrected chi connectivity index (χ4v) is 3.13. The lowest BCUT2D eigenvalue weighted by Crippen LogP contribution is -2.18. The van der Waals surface area contributed by atoms with Gasteiger partial charge in [-0.1, -0.05) is 24.8 Å². The summed E-state index contributed by atoms with van der Waals surface area (Å²) in [5.41, 5.74) is 0.892. The number of aromatic nitrogens is 2. The van der Waals surface area contributed by atoms with E-state index in [-0.39, 0.29) is 5.69 Å². The molecule has 3 nitrogen and oxygen atoms in total. The van der Waals surface area contributed by atoms with Gasteiger partial charge in [0, 0.05) is 28.7 Å². The van der Waals surface area contributed by atoms with Gasteiger partial charge in [-0.15, -0.1) is 0 Å². The summed E-state index contributed by atoms with van der Waals surface area (Å²) < 4.78 is 40.7. The zero-order chi connectivity index (χ0) is 19.2. The fourth-order valence-electron chi connectivity index (χ4n) is 3.13. The van der Waals surface area contributed by atoms with Crippen molar-refractivity contribution in [3.05, 3.63) is 88.9 Å². The summed E-state index contributed by atoms with van der Waals surface area (Å²) in [5, 5.41) is 1.32. The van der Waals surface area contributed by atoms with Gasteiger partial charge >= 0.3 is 6.18 Å². The molecular formula is C21H13F3N2O. The van der Waals surface area contributed by atoms with Crippen molar-refractivity contribution in [2.45, 2.75) is 6.18 Å². The van der Waals surface area contributed by atoms with Crippen molar-refractivity contribution in [1.29, 1.82) is 0 Å². The summed E-state index contributed by atoms with van der Waals surface area (Å²) in [6, 6.07) is 13.1. The van der Waals surface area contributed by atoms with Gasteiger partial charge in [0.1, 0.15) is 0 Å². The Balaban J connectivity index is 2.14. The predicted octanol–water partition coefficient (Wildman–Crippen LogP) is 5.20. The van der Waals surface area contributed by atoms with E-state index in [2.05, 4.69) is 11.6 Å². The maximum atomic E-state index is 13.1. The lowest BCUT2D eigenvalue weighted by molar-refractivity contribution is -0.137. The Labute approximate surface area is 152 Å². The average molecular weight is 366 g/mol. The van der Waals surface area contributed by atoms with E-state index in [4.69, 9.17) is 0 Å². The molecule has 0 aliphatic carbocycles. The molecule has 27 heavy (non-hydrogen) atoms. The quantitative estimate of drug-likeness (QED) is 0.457. The number of nitrogens with zero attached hydrogens (tertiary/aromatic N) is 2. The highest BCUT2D eigenvalue weighted by Gasteiger charge is 2.30. The van der Waals surface area contributed by atoms with Crippen molar-refractivity contribution in [3.8, 4) is 5.69 Å². The van der Waals surface area contributed by atoms with Gasteiger partial charge in [0.25, 0.3) is 5.56 Å². The van der Waals surface area contributed by atoms with Crippen molar-refractivity contribution in [1.82, 2.24) is 9.55 Å².